The first kappa shape index (κ1) is 15.3. The number of nitrogens with one attached hydrogen (secondary N) is 1. The first-order valence-electron chi connectivity index (χ1n) is 5.78. The third-order valence-corrected chi connectivity index (χ3v) is 2.72. The van der Waals surface area contributed by atoms with Gasteiger partial charge in [-0.05, 0) is 12.0 Å². The van der Waals surface area contributed by atoms with E-state index in [1.54, 1.807) is 6.92 Å². The van der Waals surface area contributed by atoms with E-state index in [-0.39, 0.29) is 0 Å². The fourth-order valence-corrected chi connectivity index (χ4v) is 1.45. The van der Waals surface area contributed by atoms with Gasteiger partial charge in [0.05, 0.1) is 0 Å². The van der Waals surface area contributed by atoms with Gasteiger partial charge >= 0.3 is 6.18 Å². The monoisotopic (exact) mass is 276 g/mol. The topological polar surface area (TPSA) is 55.1 Å². The minimum Gasteiger partial charge on any atom is -0.451 e. The number of alkyl halides is 3. The summed E-state index contributed by atoms with van der Waals surface area (Å²) in [5.41, 5.74) is 0.363. The molecule has 1 rings (SSSR count). The van der Waals surface area contributed by atoms with Gasteiger partial charge in [0, 0.05) is 6.08 Å². The van der Waals surface area contributed by atoms with E-state index < -0.39 is 24.0 Å². The summed E-state index contributed by atoms with van der Waals surface area (Å²) in [7, 11) is 0. The molecular weight excluding hydrogens is 261 g/mol. The van der Waals surface area contributed by atoms with E-state index in [0.717, 1.165) is 12.5 Å². The molecule has 0 aliphatic carbocycles. The highest BCUT2D eigenvalue weighted by molar-refractivity contribution is 5.91. The Bertz CT molecular complexity index is 427. The molecule has 1 amide bonds. The van der Waals surface area contributed by atoms with Crippen LogP contribution in [0.5, 0.6) is 0 Å². The Labute approximate surface area is 108 Å². The van der Waals surface area contributed by atoms with E-state index >= 15 is 0 Å². The molecule has 19 heavy (non-hydrogen) atoms. The third-order valence-electron chi connectivity index (χ3n) is 2.72. The molecule has 0 aliphatic rings. The van der Waals surface area contributed by atoms with E-state index in [1.807, 2.05) is 5.32 Å². The average molecular weight is 276 g/mol. The van der Waals surface area contributed by atoms with Gasteiger partial charge in [-0.1, -0.05) is 20.3 Å². The van der Waals surface area contributed by atoms with Gasteiger partial charge in [0.1, 0.15) is 18.0 Å². The smallest absolute Gasteiger partial charge is 0.408 e. The fraction of sp³-hybridized carbons (Fsp3) is 0.500. The zero-order chi connectivity index (χ0) is 14.5. The Hall–Kier alpha value is -1.79. The van der Waals surface area contributed by atoms with Crippen LogP contribution in [0.2, 0.25) is 0 Å². The van der Waals surface area contributed by atoms with Crippen molar-refractivity contribution in [3.05, 3.63) is 24.4 Å². The molecule has 0 bridgehead atoms. The summed E-state index contributed by atoms with van der Waals surface area (Å²) in [5, 5.41) is 1.96. The van der Waals surface area contributed by atoms with Crippen molar-refractivity contribution in [2.24, 2.45) is 5.92 Å². The van der Waals surface area contributed by atoms with E-state index in [4.69, 9.17) is 0 Å². The molecule has 2 atom stereocenters. The van der Waals surface area contributed by atoms with Crippen molar-refractivity contribution < 1.29 is 22.4 Å². The van der Waals surface area contributed by atoms with Crippen LogP contribution in [-0.2, 0) is 4.79 Å². The van der Waals surface area contributed by atoms with Crippen LogP contribution in [0.15, 0.2) is 23.1 Å². The summed E-state index contributed by atoms with van der Waals surface area (Å²) >= 11 is 0. The molecule has 4 nitrogen and oxygen atoms in total. The van der Waals surface area contributed by atoms with Crippen molar-refractivity contribution in [1.29, 1.82) is 0 Å². The van der Waals surface area contributed by atoms with Gasteiger partial charge < -0.3 is 9.73 Å². The Balaban J connectivity index is 2.66. The summed E-state index contributed by atoms with van der Waals surface area (Å²) in [6.07, 6.45) is 0.571. The number of carbonyl (C=O) groups is 1. The van der Waals surface area contributed by atoms with E-state index in [9.17, 15) is 18.0 Å². The summed E-state index contributed by atoms with van der Waals surface area (Å²) in [6, 6.07) is -1.85. The number of hydrogen-bond donors (Lipinski definition) is 1. The molecule has 1 aromatic heterocycles. The Morgan fingerprint density at radius 1 is 1.58 bits per heavy atom. The predicted octanol–water partition coefficient (Wildman–Crippen LogP) is 2.78. The molecule has 7 heteroatoms. The number of hydrogen-bond acceptors (Lipinski definition) is 3. The quantitative estimate of drug-likeness (QED) is 0.841. The lowest BCUT2D eigenvalue weighted by molar-refractivity contribution is -0.170. The molecule has 0 aliphatic heterocycles. The zero-order valence-corrected chi connectivity index (χ0v) is 10.6. The molecule has 0 saturated carbocycles. The van der Waals surface area contributed by atoms with Crippen LogP contribution < -0.4 is 5.32 Å². The van der Waals surface area contributed by atoms with E-state index in [2.05, 4.69) is 9.40 Å². The second kappa shape index (κ2) is 6.40. The predicted molar refractivity (Wildman–Crippen MR) is 63.0 cm³/mol. The van der Waals surface area contributed by atoms with Gasteiger partial charge in [-0.2, -0.15) is 13.2 Å². The Morgan fingerprint density at radius 3 is 2.74 bits per heavy atom. The largest absolute Gasteiger partial charge is 0.451 e. The molecule has 106 valence electrons. The molecule has 0 saturated heterocycles. The highest BCUT2D eigenvalue weighted by atomic mass is 19.4. The third kappa shape index (κ3) is 4.76. The summed E-state index contributed by atoms with van der Waals surface area (Å²) < 4.78 is 43.0. The number of nitrogens with zero attached hydrogens (tertiary/aromatic N) is 1. The summed E-state index contributed by atoms with van der Waals surface area (Å²) in [4.78, 5) is 15.2. The summed E-state index contributed by atoms with van der Waals surface area (Å²) in [6.45, 7) is 3.08. The van der Waals surface area contributed by atoms with Gasteiger partial charge in [0.2, 0.25) is 5.91 Å². The van der Waals surface area contributed by atoms with Crippen molar-refractivity contribution >= 4 is 12.0 Å². The normalized spacial score (nSPS) is 15.4. The lowest BCUT2D eigenvalue weighted by Gasteiger charge is -2.26. The molecule has 0 aromatic carbocycles. The van der Waals surface area contributed by atoms with Crippen molar-refractivity contribution in [2.45, 2.75) is 32.5 Å². The highest BCUT2D eigenvalue weighted by Crippen LogP contribution is 2.27. The van der Waals surface area contributed by atoms with E-state index in [0.29, 0.717) is 12.1 Å². The van der Waals surface area contributed by atoms with Crippen LogP contribution in [0.3, 0.4) is 0 Å². The molecule has 0 fully saturated rings. The van der Waals surface area contributed by atoms with Crippen LogP contribution in [0.4, 0.5) is 13.2 Å². The van der Waals surface area contributed by atoms with Gasteiger partial charge in [-0.15, -0.1) is 0 Å². The first-order chi connectivity index (χ1) is 8.84. The average Bonchev–Trinajstić information content (AvgIpc) is 2.84. The minimum absolute atomic E-state index is 0.317. The molecule has 1 heterocycles. The lowest BCUT2D eigenvalue weighted by Crippen LogP contribution is -2.48. The van der Waals surface area contributed by atoms with Crippen molar-refractivity contribution in [3.63, 3.8) is 0 Å². The standard InChI is InChI=1S/C12H15F3N2O2/c1-3-8(2)11(12(13,14)15)17-10(18)5-4-9-6-19-7-16-9/h4-8,11H,3H2,1-2H3,(H,17,18). The molecule has 1 N–H and O–H groups in total. The number of carbonyl (C=O) groups excluding carboxylic acids is 1. The molecule has 0 radical (unpaired) electrons. The molecule has 2 unspecified atom stereocenters. The summed E-state index contributed by atoms with van der Waals surface area (Å²) in [5.74, 6) is -1.50. The number of oxazole rings is 1. The Morgan fingerprint density at radius 2 is 2.26 bits per heavy atom. The van der Waals surface area contributed by atoms with Crippen LogP contribution >= 0.6 is 0 Å². The molecule has 0 spiro atoms. The van der Waals surface area contributed by atoms with Crippen molar-refractivity contribution in [2.75, 3.05) is 0 Å². The van der Waals surface area contributed by atoms with Crippen LogP contribution in [-0.4, -0.2) is 23.1 Å². The number of rotatable bonds is 5. The SMILES string of the molecule is CCC(C)C(NC(=O)C=Cc1cocn1)C(F)(F)F. The number of aromatic nitrogens is 1. The van der Waals surface area contributed by atoms with Crippen molar-refractivity contribution in [3.8, 4) is 0 Å². The van der Waals surface area contributed by atoms with Crippen LogP contribution in [0.25, 0.3) is 6.08 Å². The fourth-order valence-electron chi connectivity index (χ4n) is 1.45. The highest BCUT2D eigenvalue weighted by Gasteiger charge is 2.43. The second-order valence-electron chi connectivity index (χ2n) is 4.16. The second-order valence-corrected chi connectivity index (χ2v) is 4.16. The first-order valence-corrected chi connectivity index (χ1v) is 5.78. The maximum absolute atomic E-state index is 12.8. The maximum atomic E-state index is 12.8. The van der Waals surface area contributed by atoms with E-state index in [1.165, 1.54) is 19.3 Å². The number of halogens is 3. The Kier molecular flexibility index (Phi) is 5.14. The molecule has 1 aromatic rings. The molecular formula is C12H15F3N2O2. The van der Waals surface area contributed by atoms with Gasteiger partial charge in [-0.25, -0.2) is 4.98 Å². The number of amides is 1. The van der Waals surface area contributed by atoms with Gasteiger partial charge in [-0.3, -0.25) is 4.79 Å². The minimum atomic E-state index is -4.47. The zero-order valence-electron chi connectivity index (χ0n) is 10.6. The van der Waals surface area contributed by atoms with Gasteiger partial charge in [0.25, 0.3) is 0 Å². The van der Waals surface area contributed by atoms with Crippen LogP contribution in [0.1, 0.15) is 26.0 Å². The van der Waals surface area contributed by atoms with Crippen LogP contribution in [0, 0.1) is 5.92 Å². The maximum Gasteiger partial charge on any atom is 0.408 e. The lowest BCUT2D eigenvalue weighted by atomic mass is 9.98. The van der Waals surface area contributed by atoms with Crippen molar-refractivity contribution in [1.82, 2.24) is 10.3 Å². The van der Waals surface area contributed by atoms with Gasteiger partial charge in [0.15, 0.2) is 6.39 Å².